The van der Waals surface area contributed by atoms with Crippen LogP contribution in [0.2, 0.25) is 0 Å². The maximum absolute atomic E-state index is 12.4. The monoisotopic (exact) mass is 547 g/mol. The van der Waals surface area contributed by atoms with Gasteiger partial charge in [-0.05, 0) is 75.1 Å². The molecule has 0 radical (unpaired) electrons. The van der Waals surface area contributed by atoms with Gasteiger partial charge in [0.05, 0.1) is 25.6 Å². The summed E-state index contributed by atoms with van der Waals surface area (Å²) in [6.45, 7) is 6.85. The third kappa shape index (κ3) is 7.28. The van der Waals surface area contributed by atoms with Gasteiger partial charge in [-0.1, -0.05) is 24.3 Å². The Labute approximate surface area is 237 Å². The van der Waals surface area contributed by atoms with Crippen LogP contribution in [0.5, 0.6) is 11.5 Å². The van der Waals surface area contributed by atoms with Crippen LogP contribution in [0.3, 0.4) is 0 Å². The van der Waals surface area contributed by atoms with Crippen LogP contribution in [-0.2, 0) is 17.8 Å². The van der Waals surface area contributed by atoms with Crippen molar-refractivity contribution in [1.29, 1.82) is 0 Å². The first kappa shape index (κ1) is 28.9. The van der Waals surface area contributed by atoms with Gasteiger partial charge >= 0.3 is 6.09 Å². The summed E-state index contributed by atoms with van der Waals surface area (Å²) in [7, 11) is 5.12. The summed E-state index contributed by atoms with van der Waals surface area (Å²) >= 11 is 0. The molecule has 1 aliphatic carbocycles. The molecule has 1 heterocycles. The number of carbonyl (C=O) groups is 1. The molecule has 0 aliphatic heterocycles. The summed E-state index contributed by atoms with van der Waals surface area (Å²) in [6.07, 6.45) is 3.11. The number of carbonyl (C=O) groups excluding carboxylic acids is 1. The number of methoxy groups -OCH3 is 2. The molecule has 0 saturated heterocycles. The van der Waals surface area contributed by atoms with Crippen LogP contribution in [0.25, 0.3) is 0 Å². The van der Waals surface area contributed by atoms with Gasteiger partial charge in [-0.15, -0.1) is 0 Å². The molecule has 3 N–H and O–H groups in total. The number of anilines is 3. The van der Waals surface area contributed by atoms with Crippen LogP contribution in [0, 0.1) is 0 Å². The van der Waals surface area contributed by atoms with Crippen molar-refractivity contribution in [3.63, 3.8) is 0 Å². The number of benzene rings is 2. The molecular weight excluding hydrogens is 506 g/mol. The van der Waals surface area contributed by atoms with Crippen molar-refractivity contribution in [1.82, 2.24) is 9.88 Å². The van der Waals surface area contributed by atoms with Gasteiger partial charge in [0.25, 0.3) is 0 Å². The smallest absolute Gasteiger partial charge is 0.410 e. The highest BCUT2D eigenvalue weighted by Crippen LogP contribution is 2.35. The average Bonchev–Trinajstić information content (AvgIpc) is 2.90. The largest absolute Gasteiger partial charge is 0.497 e. The summed E-state index contributed by atoms with van der Waals surface area (Å²) < 4.78 is 16.2. The zero-order valence-electron chi connectivity index (χ0n) is 24.3. The standard InChI is InChI=1S/C31H41N5O4/c1-31(2,3)40-30(37)35(4)24-17-23(18-24)34-27-15-16-33-29(28(27)32)36(19-21-7-11-25(38-5)12-8-21)20-22-9-13-26(39-6)14-10-22/h7-16,23-24H,17-20,32H2,1-6H3,(H,33,34). The molecule has 1 amide bonds. The summed E-state index contributed by atoms with van der Waals surface area (Å²) in [5.41, 5.74) is 9.87. The predicted octanol–water partition coefficient (Wildman–Crippen LogP) is 5.70. The molecule has 0 spiro atoms. The molecule has 0 atom stereocenters. The Kier molecular flexibility index (Phi) is 8.92. The number of nitrogens with two attached hydrogens (primary N) is 1. The molecular formula is C31H41N5O4. The Morgan fingerprint density at radius 2 is 1.48 bits per heavy atom. The lowest BCUT2D eigenvalue weighted by molar-refractivity contribution is 0.0132. The van der Waals surface area contributed by atoms with E-state index in [-0.39, 0.29) is 18.2 Å². The van der Waals surface area contributed by atoms with Crippen LogP contribution in [0.4, 0.5) is 22.0 Å². The number of nitrogens with one attached hydrogen (secondary N) is 1. The van der Waals surface area contributed by atoms with E-state index in [1.165, 1.54) is 0 Å². The fourth-order valence-electron chi connectivity index (χ4n) is 4.67. The summed E-state index contributed by atoms with van der Waals surface area (Å²) in [4.78, 5) is 21.0. The molecule has 9 nitrogen and oxygen atoms in total. The second-order valence-corrected chi connectivity index (χ2v) is 11.2. The van der Waals surface area contributed by atoms with Gasteiger partial charge in [0.2, 0.25) is 0 Å². The van der Waals surface area contributed by atoms with Crippen molar-refractivity contribution in [3.05, 3.63) is 71.9 Å². The second kappa shape index (κ2) is 12.4. The zero-order valence-corrected chi connectivity index (χ0v) is 24.3. The molecule has 4 rings (SSSR count). The molecule has 0 unspecified atom stereocenters. The van der Waals surface area contributed by atoms with Crippen molar-refractivity contribution in [2.45, 2.75) is 64.4 Å². The van der Waals surface area contributed by atoms with E-state index in [1.807, 2.05) is 75.4 Å². The second-order valence-electron chi connectivity index (χ2n) is 11.2. The van der Waals surface area contributed by atoms with Gasteiger partial charge in [-0.3, -0.25) is 0 Å². The van der Waals surface area contributed by atoms with Crippen LogP contribution in [0.15, 0.2) is 60.8 Å². The highest BCUT2D eigenvalue weighted by Gasteiger charge is 2.36. The van der Waals surface area contributed by atoms with E-state index < -0.39 is 5.60 Å². The van der Waals surface area contributed by atoms with E-state index in [9.17, 15) is 4.79 Å². The maximum atomic E-state index is 12.4. The van der Waals surface area contributed by atoms with Crippen LogP contribution in [0.1, 0.15) is 44.7 Å². The van der Waals surface area contributed by atoms with E-state index in [4.69, 9.17) is 24.9 Å². The minimum atomic E-state index is -0.516. The van der Waals surface area contributed by atoms with Gasteiger partial charge in [0.1, 0.15) is 17.1 Å². The number of hydrogen-bond acceptors (Lipinski definition) is 8. The van der Waals surface area contributed by atoms with E-state index in [2.05, 4.69) is 10.2 Å². The zero-order chi connectivity index (χ0) is 28.9. The lowest BCUT2D eigenvalue weighted by atomic mass is 9.85. The third-order valence-electron chi connectivity index (χ3n) is 7.04. The Balaban J connectivity index is 1.49. The molecule has 0 bridgehead atoms. The molecule has 3 aromatic rings. The van der Waals surface area contributed by atoms with Crippen molar-refractivity contribution >= 4 is 23.3 Å². The first-order valence-electron chi connectivity index (χ1n) is 13.5. The first-order valence-corrected chi connectivity index (χ1v) is 13.5. The van der Waals surface area contributed by atoms with Crippen molar-refractivity contribution in [2.24, 2.45) is 0 Å². The van der Waals surface area contributed by atoms with Gasteiger partial charge < -0.3 is 35.1 Å². The fraction of sp³-hybridized carbons (Fsp3) is 0.419. The number of pyridine rings is 1. The predicted molar refractivity (Wildman–Crippen MR) is 159 cm³/mol. The molecule has 2 aromatic carbocycles. The van der Waals surface area contributed by atoms with Gasteiger partial charge in [-0.25, -0.2) is 9.78 Å². The Morgan fingerprint density at radius 3 is 1.95 bits per heavy atom. The minimum absolute atomic E-state index is 0.122. The Morgan fingerprint density at radius 1 is 0.950 bits per heavy atom. The lowest BCUT2D eigenvalue weighted by Crippen LogP contribution is -2.51. The van der Waals surface area contributed by atoms with E-state index in [1.54, 1.807) is 32.4 Å². The van der Waals surface area contributed by atoms with Crippen molar-refractivity contribution < 1.29 is 19.0 Å². The summed E-state index contributed by atoms with van der Waals surface area (Å²) in [6, 6.07) is 18.2. The molecule has 1 fully saturated rings. The van der Waals surface area contributed by atoms with E-state index >= 15 is 0 Å². The maximum Gasteiger partial charge on any atom is 0.410 e. The number of aromatic nitrogens is 1. The number of nitrogen functional groups attached to an aromatic ring is 1. The molecule has 1 aliphatic rings. The number of hydrogen-bond donors (Lipinski definition) is 2. The summed E-state index contributed by atoms with van der Waals surface area (Å²) in [5.74, 6) is 2.33. The Hall–Kier alpha value is -4.14. The molecule has 9 heteroatoms. The topological polar surface area (TPSA) is 102 Å². The Bertz CT molecular complexity index is 1220. The van der Waals surface area contributed by atoms with Crippen LogP contribution in [-0.4, -0.2) is 54.9 Å². The number of nitrogens with zero attached hydrogens (tertiary/aromatic N) is 3. The SMILES string of the molecule is COc1ccc(CN(Cc2ccc(OC)cc2)c2nccc(NC3CC(N(C)C(=O)OC(C)(C)C)C3)c2N)cc1. The molecule has 214 valence electrons. The van der Waals surface area contributed by atoms with Crippen LogP contribution < -0.4 is 25.4 Å². The summed E-state index contributed by atoms with van der Waals surface area (Å²) in [5, 5.41) is 3.57. The van der Waals surface area contributed by atoms with Crippen molar-refractivity contribution in [3.8, 4) is 11.5 Å². The van der Waals surface area contributed by atoms with Crippen LogP contribution >= 0.6 is 0 Å². The van der Waals surface area contributed by atoms with Gasteiger partial charge in [0.15, 0.2) is 5.82 Å². The molecule has 1 aromatic heterocycles. The molecule has 1 saturated carbocycles. The third-order valence-corrected chi connectivity index (χ3v) is 7.04. The number of ether oxygens (including phenoxy) is 3. The molecule has 40 heavy (non-hydrogen) atoms. The highest BCUT2D eigenvalue weighted by molar-refractivity contribution is 5.78. The van der Waals surface area contributed by atoms with E-state index in [0.29, 0.717) is 24.6 Å². The fourth-order valence-corrected chi connectivity index (χ4v) is 4.67. The lowest BCUT2D eigenvalue weighted by Gasteiger charge is -2.42. The quantitative estimate of drug-likeness (QED) is 0.333. The van der Waals surface area contributed by atoms with Gasteiger partial charge in [0, 0.05) is 38.4 Å². The normalized spacial score (nSPS) is 16.4. The first-order chi connectivity index (χ1) is 19.1. The number of amides is 1. The van der Waals surface area contributed by atoms with Crippen molar-refractivity contribution in [2.75, 3.05) is 37.2 Å². The van der Waals surface area contributed by atoms with E-state index in [0.717, 1.165) is 41.2 Å². The minimum Gasteiger partial charge on any atom is -0.497 e. The van der Waals surface area contributed by atoms with Gasteiger partial charge in [-0.2, -0.15) is 0 Å². The average molecular weight is 548 g/mol. The number of rotatable bonds is 10. The highest BCUT2D eigenvalue weighted by atomic mass is 16.6.